The summed E-state index contributed by atoms with van der Waals surface area (Å²) in [6.45, 7) is 1.92. The van der Waals surface area contributed by atoms with Gasteiger partial charge in [-0.05, 0) is 42.8 Å². The van der Waals surface area contributed by atoms with Gasteiger partial charge in [0.25, 0.3) is 5.91 Å². The minimum atomic E-state index is -0.543. The van der Waals surface area contributed by atoms with Crippen LogP contribution in [0.4, 0.5) is 5.69 Å². The molecule has 3 rings (SSSR count). The van der Waals surface area contributed by atoms with Crippen LogP contribution < -0.4 is 10.7 Å². The molecule has 0 radical (unpaired) electrons. The zero-order valence-electron chi connectivity index (χ0n) is 12.6. The fraction of sp³-hybridized carbons (Fsp3) is 0.118. The second-order valence-electron chi connectivity index (χ2n) is 5.29. The summed E-state index contributed by atoms with van der Waals surface area (Å²) < 4.78 is 1.50. The van der Waals surface area contributed by atoms with Gasteiger partial charge in [-0.3, -0.25) is 14.3 Å². The summed E-state index contributed by atoms with van der Waals surface area (Å²) in [6.07, 6.45) is 0. The quantitative estimate of drug-likeness (QED) is 0.786. The van der Waals surface area contributed by atoms with Crippen molar-refractivity contribution < 1.29 is 4.79 Å². The van der Waals surface area contributed by atoms with Crippen molar-refractivity contribution in [1.29, 1.82) is 0 Å². The van der Waals surface area contributed by atoms with Gasteiger partial charge in [-0.1, -0.05) is 23.7 Å². The number of amides is 1. The van der Waals surface area contributed by atoms with E-state index in [4.69, 9.17) is 11.6 Å². The lowest BCUT2D eigenvalue weighted by Gasteiger charge is -2.09. The van der Waals surface area contributed by atoms with Gasteiger partial charge in [-0.2, -0.15) is 5.10 Å². The Hall–Kier alpha value is -2.66. The molecule has 1 N–H and O–H groups in total. The van der Waals surface area contributed by atoms with Crippen LogP contribution in [0.2, 0.25) is 5.02 Å². The average molecular weight is 328 g/mol. The van der Waals surface area contributed by atoms with Crippen LogP contribution in [0.5, 0.6) is 0 Å². The molecule has 5 nitrogen and oxygen atoms in total. The smallest absolute Gasteiger partial charge is 0.280 e. The van der Waals surface area contributed by atoms with Crippen LogP contribution >= 0.6 is 11.6 Å². The predicted molar refractivity (Wildman–Crippen MR) is 91.1 cm³/mol. The van der Waals surface area contributed by atoms with Gasteiger partial charge in [0, 0.05) is 17.8 Å². The Morgan fingerprint density at radius 1 is 1.22 bits per heavy atom. The van der Waals surface area contributed by atoms with Gasteiger partial charge in [-0.15, -0.1) is 0 Å². The van der Waals surface area contributed by atoms with Crippen molar-refractivity contribution in [2.75, 3.05) is 5.32 Å². The van der Waals surface area contributed by atoms with E-state index < -0.39 is 11.3 Å². The number of benzene rings is 2. The molecule has 0 saturated carbocycles. The summed E-state index contributed by atoms with van der Waals surface area (Å²) in [5, 5.41) is 7.60. The highest BCUT2D eigenvalue weighted by atomic mass is 35.5. The Kier molecular flexibility index (Phi) is 3.88. The lowest BCUT2D eigenvalue weighted by molar-refractivity contribution is 0.101. The van der Waals surface area contributed by atoms with E-state index in [9.17, 15) is 9.59 Å². The third-order valence-electron chi connectivity index (χ3n) is 3.51. The third-order valence-corrected chi connectivity index (χ3v) is 3.74. The number of carbonyl (C=O) groups excluding carboxylic acids is 1. The second kappa shape index (κ2) is 5.85. The first-order valence-corrected chi connectivity index (χ1v) is 7.38. The summed E-state index contributed by atoms with van der Waals surface area (Å²) in [4.78, 5) is 24.9. The van der Waals surface area contributed by atoms with E-state index in [1.165, 1.54) is 4.68 Å². The molecule has 3 aromatic rings. The number of aryl methyl sites for hydroxylation is 2. The molecule has 0 fully saturated rings. The zero-order chi connectivity index (χ0) is 16.6. The Labute approximate surface area is 137 Å². The summed E-state index contributed by atoms with van der Waals surface area (Å²) in [6, 6.07) is 12.3. The molecule has 23 heavy (non-hydrogen) atoms. The summed E-state index contributed by atoms with van der Waals surface area (Å²) >= 11 is 5.95. The van der Waals surface area contributed by atoms with E-state index in [1.807, 2.05) is 25.1 Å². The van der Waals surface area contributed by atoms with Gasteiger partial charge in [-0.25, -0.2) is 0 Å². The largest absolute Gasteiger partial charge is 0.320 e. The molecule has 1 aromatic heterocycles. The molecule has 2 aromatic carbocycles. The molecule has 0 saturated heterocycles. The molecule has 0 bridgehead atoms. The number of nitrogens with zero attached hydrogens (tertiary/aromatic N) is 2. The van der Waals surface area contributed by atoms with Crippen molar-refractivity contribution >= 4 is 34.1 Å². The molecule has 0 aliphatic rings. The van der Waals surface area contributed by atoms with Crippen LogP contribution in [-0.2, 0) is 7.05 Å². The first kappa shape index (κ1) is 15.2. The molecular weight excluding hydrogens is 314 g/mol. The van der Waals surface area contributed by atoms with E-state index in [2.05, 4.69) is 10.4 Å². The van der Waals surface area contributed by atoms with Crippen molar-refractivity contribution in [3.63, 3.8) is 0 Å². The lowest BCUT2D eigenvalue weighted by Crippen LogP contribution is -2.26. The van der Waals surface area contributed by atoms with E-state index >= 15 is 0 Å². The maximum absolute atomic E-state index is 12.5. The predicted octanol–water partition coefficient (Wildman–Crippen LogP) is 3.15. The van der Waals surface area contributed by atoms with Crippen molar-refractivity contribution in [3.05, 3.63) is 69.0 Å². The molecule has 0 unspecified atom stereocenters. The van der Waals surface area contributed by atoms with Gasteiger partial charge < -0.3 is 5.32 Å². The Morgan fingerprint density at radius 3 is 2.74 bits per heavy atom. The Morgan fingerprint density at radius 2 is 2.00 bits per heavy atom. The summed E-state index contributed by atoms with van der Waals surface area (Å²) in [7, 11) is 1.68. The first-order valence-electron chi connectivity index (χ1n) is 7.00. The number of fused-ring (bicyclic) bond motifs is 1. The molecule has 0 spiro atoms. The number of halogens is 1. The SMILES string of the molecule is Cc1cccc(NC(=O)c2nn(C)c3ccc(Cl)cc3c2=O)c1. The van der Waals surface area contributed by atoms with Gasteiger partial charge in [0.1, 0.15) is 0 Å². The van der Waals surface area contributed by atoms with Crippen LogP contribution in [0.15, 0.2) is 47.3 Å². The molecule has 1 heterocycles. The van der Waals surface area contributed by atoms with Crippen LogP contribution in [0.25, 0.3) is 10.9 Å². The van der Waals surface area contributed by atoms with Crippen molar-refractivity contribution in [2.24, 2.45) is 7.05 Å². The van der Waals surface area contributed by atoms with Crippen molar-refractivity contribution in [2.45, 2.75) is 6.92 Å². The van der Waals surface area contributed by atoms with Crippen LogP contribution in [0.1, 0.15) is 16.1 Å². The number of nitrogens with one attached hydrogen (secondary N) is 1. The van der Waals surface area contributed by atoms with Crippen LogP contribution in [-0.4, -0.2) is 15.7 Å². The maximum atomic E-state index is 12.5. The molecule has 116 valence electrons. The molecule has 1 amide bonds. The number of rotatable bonds is 2. The highest BCUT2D eigenvalue weighted by molar-refractivity contribution is 6.31. The van der Waals surface area contributed by atoms with Gasteiger partial charge in [0.15, 0.2) is 5.69 Å². The number of anilines is 1. The fourth-order valence-electron chi connectivity index (χ4n) is 2.41. The van der Waals surface area contributed by atoms with E-state index in [-0.39, 0.29) is 5.69 Å². The fourth-order valence-corrected chi connectivity index (χ4v) is 2.58. The van der Waals surface area contributed by atoms with Crippen LogP contribution in [0.3, 0.4) is 0 Å². The number of aromatic nitrogens is 2. The van der Waals surface area contributed by atoms with Crippen molar-refractivity contribution in [1.82, 2.24) is 9.78 Å². The number of hydrogen-bond donors (Lipinski definition) is 1. The Bertz CT molecular complexity index is 979. The van der Waals surface area contributed by atoms with Crippen molar-refractivity contribution in [3.8, 4) is 0 Å². The monoisotopic (exact) mass is 327 g/mol. The first-order chi connectivity index (χ1) is 11.0. The zero-order valence-corrected chi connectivity index (χ0v) is 13.4. The minimum Gasteiger partial charge on any atom is -0.320 e. The topological polar surface area (TPSA) is 64.0 Å². The molecular formula is C17H14ClN3O2. The molecule has 0 aliphatic carbocycles. The molecule has 0 aliphatic heterocycles. The second-order valence-corrected chi connectivity index (χ2v) is 5.72. The highest BCUT2D eigenvalue weighted by Crippen LogP contribution is 2.16. The highest BCUT2D eigenvalue weighted by Gasteiger charge is 2.17. The average Bonchev–Trinajstić information content (AvgIpc) is 2.50. The van der Waals surface area contributed by atoms with Crippen LogP contribution in [0, 0.1) is 6.92 Å². The third kappa shape index (κ3) is 2.96. The molecule has 0 atom stereocenters. The molecule has 6 heteroatoms. The maximum Gasteiger partial charge on any atom is 0.280 e. The lowest BCUT2D eigenvalue weighted by atomic mass is 10.2. The standard InChI is InChI=1S/C17H14ClN3O2/c1-10-4-3-5-12(8-10)19-17(23)15-16(22)13-9-11(18)6-7-14(13)21(2)20-15/h3-9H,1-2H3,(H,19,23). The minimum absolute atomic E-state index is 0.163. The summed E-state index contributed by atoms with van der Waals surface area (Å²) in [5.41, 5.74) is 1.64. The van der Waals surface area contributed by atoms with E-state index in [1.54, 1.807) is 31.3 Å². The number of carbonyl (C=O) groups is 1. The van der Waals surface area contributed by atoms with E-state index in [0.717, 1.165) is 5.56 Å². The summed E-state index contributed by atoms with van der Waals surface area (Å²) in [5.74, 6) is -0.543. The normalized spacial score (nSPS) is 10.7. The number of hydrogen-bond acceptors (Lipinski definition) is 3. The van der Waals surface area contributed by atoms with Gasteiger partial charge >= 0.3 is 0 Å². The Balaban J connectivity index is 2.07. The van der Waals surface area contributed by atoms with Gasteiger partial charge in [0.05, 0.1) is 10.9 Å². The van der Waals surface area contributed by atoms with Gasteiger partial charge in [0.2, 0.25) is 5.43 Å². The van der Waals surface area contributed by atoms with E-state index in [0.29, 0.717) is 21.6 Å².